The van der Waals surface area contributed by atoms with E-state index in [1.54, 1.807) is 6.92 Å². The minimum atomic E-state index is -1.32. The summed E-state index contributed by atoms with van der Waals surface area (Å²) in [6, 6.07) is 9.22. The lowest BCUT2D eigenvalue weighted by atomic mass is 10.1. The number of aliphatic carboxylic acids is 1. The molecule has 4 rings (SSSR count). The Balaban J connectivity index is 1.51. The molecule has 2 aliphatic rings. The predicted molar refractivity (Wildman–Crippen MR) is 139 cm³/mol. The van der Waals surface area contributed by atoms with Gasteiger partial charge < -0.3 is 29.7 Å². The minimum Gasteiger partial charge on any atom is -0.481 e. The number of carboxylic acids is 1. The molecule has 1 aromatic heterocycles. The van der Waals surface area contributed by atoms with Gasteiger partial charge in [0.15, 0.2) is 5.82 Å². The predicted octanol–water partition coefficient (Wildman–Crippen LogP) is 2.34. The number of amides is 3. The third kappa shape index (κ3) is 7.43. The van der Waals surface area contributed by atoms with Crippen molar-refractivity contribution in [3.8, 4) is 17.3 Å². The maximum absolute atomic E-state index is 13.3. The Labute approximate surface area is 226 Å². The molecule has 12 heteroatoms. The molecule has 0 radical (unpaired) electrons. The summed E-state index contributed by atoms with van der Waals surface area (Å²) in [5, 5.41) is 12.0. The molecule has 12 nitrogen and oxygen atoms in total. The highest BCUT2D eigenvalue weighted by atomic mass is 16.6. The van der Waals surface area contributed by atoms with E-state index in [0.717, 1.165) is 25.7 Å². The first kappa shape index (κ1) is 27.8. The van der Waals surface area contributed by atoms with Gasteiger partial charge in [-0.1, -0.05) is 30.3 Å². The molecular weight excluding hydrogens is 506 g/mol. The molecule has 39 heavy (non-hydrogen) atoms. The SMILES string of the molecule is CCOC(=O)N1CCN(C(=O)[C@H](CC(=O)O)NC(=O)c2cc(OC3CCCC3)nc(-c3ccccc3)n2)CC1. The van der Waals surface area contributed by atoms with Crippen LogP contribution in [0.1, 0.15) is 49.5 Å². The molecule has 2 heterocycles. The van der Waals surface area contributed by atoms with Gasteiger partial charge >= 0.3 is 12.1 Å². The Morgan fingerprint density at radius 3 is 2.33 bits per heavy atom. The first-order valence-electron chi connectivity index (χ1n) is 13.2. The molecule has 1 aromatic carbocycles. The number of ether oxygens (including phenoxy) is 2. The van der Waals surface area contributed by atoms with Crippen molar-refractivity contribution in [2.45, 2.75) is 51.2 Å². The first-order chi connectivity index (χ1) is 18.8. The zero-order valence-corrected chi connectivity index (χ0v) is 21.9. The van der Waals surface area contributed by atoms with E-state index in [0.29, 0.717) is 5.56 Å². The van der Waals surface area contributed by atoms with Gasteiger partial charge in [-0.3, -0.25) is 14.4 Å². The van der Waals surface area contributed by atoms with E-state index in [-0.39, 0.29) is 56.3 Å². The molecule has 1 atom stereocenters. The van der Waals surface area contributed by atoms with Gasteiger partial charge in [0.2, 0.25) is 11.8 Å². The van der Waals surface area contributed by atoms with E-state index in [2.05, 4.69) is 15.3 Å². The summed E-state index contributed by atoms with van der Waals surface area (Å²) in [5.74, 6) is -1.97. The van der Waals surface area contributed by atoms with Crippen LogP contribution in [-0.4, -0.2) is 93.7 Å². The maximum atomic E-state index is 13.3. The lowest BCUT2D eigenvalue weighted by molar-refractivity contribution is -0.143. The van der Waals surface area contributed by atoms with Crippen LogP contribution in [0.2, 0.25) is 0 Å². The molecule has 1 saturated carbocycles. The molecule has 208 valence electrons. The number of hydrogen-bond donors (Lipinski definition) is 2. The van der Waals surface area contributed by atoms with Crippen molar-refractivity contribution in [3.63, 3.8) is 0 Å². The highest BCUT2D eigenvalue weighted by Crippen LogP contribution is 2.25. The summed E-state index contributed by atoms with van der Waals surface area (Å²) < 4.78 is 11.0. The summed E-state index contributed by atoms with van der Waals surface area (Å²) >= 11 is 0. The number of aromatic nitrogens is 2. The number of nitrogens with one attached hydrogen (secondary N) is 1. The fraction of sp³-hybridized carbons (Fsp3) is 0.481. The van der Waals surface area contributed by atoms with E-state index in [4.69, 9.17) is 9.47 Å². The molecule has 2 aromatic rings. The monoisotopic (exact) mass is 539 g/mol. The number of rotatable bonds is 9. The minimum absolute atomic E-state index is 0.00551. The van der Waals surface area contributed by atoms with Crippen molar-refractivity contribution in [3.05, 3.63) is 42.1 Å². The molecule has 0 spiro atoms. The van der Waals surface area contributed by atoms with Crippen LogP contribution < -0.4 is 10.1 Å². The van der Waals surface area contributed by atoms with E-state index in [1.807, 2.05) is 30.3 Å². The van der Waals surface area contributed by atoms with Gasteiger partial charge in [-0.25, -0.2) is 9.78 Å². The van der Waals surface area contributed by atoms with Gasteiger partial charge in [-0.2, -0.15) is 4.98 Å². The summed E-state index contributed by atoms with van der Waals surface area (Å²) in [6.45, 7) is 2.82. The normalized spacial score (nSPS) is 16.4. The first-order valence-corrected chi connectivity index (χ1v) is 13.2. The molecule has 3 amide bonds. The molecule has 0 unspecified atom stereocenters. The number of benzene rings is 1. The van der Waals surface area contributed by atoms with Gasteiger partial charge in [-0.15, -0.1) is 0 Å². The number of carbonyl (C=O) groups excluding carboxylic acids is 3. The molecule has 1 aliphatic carbocycles. The van der Waals surface area contributed by atoms with E-state index >= 15 is 0 Å². The quantitative estimate of drug-likeness (QED) is 0.489. The van der Waals surface area contributed by atoms with Crippen molar-refractivity contribution in [1.82, 2.24) is 25.1 Å². The van der Waals surface area contributed by atoms with Crippen LogP contribution in [0.25, 0.3) is 11.4 Å². The van der Waals surface area contributed by atoms with Crippen molar-refractivity contribution in [1.29, 1.82) is 0 Å². The average Bonchev–Trinajstić information content (AvgIpc) is 3.45. The molecule has 0 bridgehead atoms. The highest BCUT2D eigenvalue weighted by Gasteiger charge is 2.32. The Kier molecular flexibility index (Phi) is 9.29. The Morgan fingerprint density at radius 2 is 1.69 bits per heavy atom. The Bertz CT molecular complexity index is 1180. The number of nitrogens with zero attached hydrogens (tertiary/aromatic N) is 4. The van der Waals surface area contributed by atoms with Crippen molar-refractivity contribution in [2.24, 2.45) is 0 Å². The second kappa shape index (κ2) is 13.0. The Morgan fingerprint density at radius 1 is 1.03 bits per heavy atom. The van der Waals surface area contributed by atoms with Gasteiger partial charge in [0.25, 0.3) is 5.91 Å². The second-order valence-electron chi connectivity index (χ2n) is 9.44. The summed E-state index contributed by atoms with van der Waals surface area (Å²) in [4.78, 5) is 61.9. The maximum Gasteiger partial charge on any atom is 0.409 e. The van der Waals surface area contributed by atoms with Crippen LogP contribution in [0.3, 0.4) is 0 Å². The molecule has 2 fully saturated rings. The van der Waals surface area contributed by atoms with E-state index < -0.39 is 36.3 Å². The highest BCUT2D eigenvalue weighted by molar-refractivity contribution is 5.97. The van der Waals surface area contributed by atoms with Gasteiger partial charge in [0.05, 0.1) is 13.0 Å². The summed E-state index contributed by atoms with van der Waals surface area (Å²) in [6.07, 6.45) is 2.83. The zero-order valence-electron chi connectivity index (χ0n) is 21.9. The number of carboxylic acid groups (broad SMARTS) is 1. The van der Waals surface area contributed by atoms with Crippen LogP contribution in [0.4, 0.5) is 4.79 Å². The van der Waals surface area contributed by atoms with Crippen LogP contribution >= 0.6 is 0 Å². The molecular formula is C27H33N5O7. The lowest BCUT2D eigenvalue weighted by Gasteiger charge is -2.35. The number of carbonyl (C=O) groups is 4. The smallest absolute Gasteiger partial charge is 0.409 e. The van der Waals surface area contributed by atoms with Crippen molar-refractivity contribution in [2.75, 3.05) is 32.8 Å². The van der Waals surface area contributed by atoms with Gasteiger partial charge in [-0.05, 0) is 32.6 Å². The van der Waals surface area contributed by atoms with Gasteiger partial charge in [0.1, 0.15) is 17.8 Å². The topological polar surface area (TPSA) is 151 Å². The zero-order chi connectivity index (χ0) is 27.8. The van der Waals surface area contributed by atoms with Crippen LogP contribution in [0.5, 0.6) is 5.88 Å². The molecule has 1 aliphatic heterocycles. The van der Waals surface area contributed by atoms with Crippen LogP contribution in [-0.2, 0) is 14.3 Å². The second-order valence-corrected chi connectivity index (χ2v) is 9.44. The number of piperazine rings is 1. The van der Waals surface area contributed by atoms with Crippen molar-refractivity contribution >= 4 is 23.9 Å². The van der Waals surface area contributed by atoms with Crippen LogP contribution in [0.15, 0.2) is 36.4 Å². The Hall–Kier alpha value is -4.22. The van der Waals surface area contributed by atoms with E-state index in [1.165, 1.54) is 15.9 Å². The molecule has 2 N–H and O–H groups in total. The van der Waals surface area contributed by atoms with Crippen molar-refractivity contribution < 1.29 is 33.8 Å². The summed E-state index contributed by atoms with van der Waals surface area (Å²) in [5.41, 5.74) is 0.647. The number of hydrogen-bond acceptors (Lipinski definition) is 8. The third-order valence-corrected chi connectivity index (χ3v) is 6.66. The average molecular weight is 540 g/mol. The fourth-order valence-electron chi connectivity index (χ4n) is 4.65. The van der Waals surface area contributed by atoms with Crippen LogP contribution in [0, 0.1) is 0 Å². The lowest BCUT2D eigenvalue weighted by Crippen LogP contribution is -2.56. The van der Waals surface area contributed by atoms with Gasteiger partial charge in [0, 0.05) is 37.8 Å². The standard InChI is InChI=1S/C27H33N5O7/c1-2-38-27(37)32-14-12-31(13-15-32)26(36)21(17-23(33)34)29-25(35)20-16-22(39-19-10-6-7-11-19)30-24(28-20)18-8-4-3-5-9-18/h3-5,8-9,16,19,21H,2,6-7,10-15,17H2,1H3,(H,29,35)(H,33,34)/t21-/m0/s1. The fourth-order valence-corrected chi connectivity index (χ4v) is 4.65. The molecule has 1 saturated heterocycles. The van der Waals surface area contributed by atoms with E-state index in [9.17, 15) is 24.3 Å². The largest absolute Gasteiger partial charge is 0.481 e. The summed E-state index contributed by atoms with van der Waals surface area (Å²) in [7, 11) is 0. The third-order valence-electron chi connectivity index (χ3n) is 6.66.